The van der Waals surface area contributed by atoms with Gasteiger partial charge in [-0.2, -0.15) is 0 Å². The Morgan fingerprint density at radius 2 is 1.77 bits per heavy atom. The number of carbonyl (C=O) groups excluding carboxylic acids is 3. The van der Waals surface area contributed by atoms with E-state index >= 15 is 0 Å². The van der Waals surface area contributed by atoms with Gasteiger partial charge in [0.05, 0.1) is 12.5 Å². The van der Waals surface area contributed by atoms with Gasteiger partial charge >= 0.3 is 5.97 Å². The molecule has 2 saturated carbocycles. The number of rotatable bonds is 10. The molecular weight excluding hydrogens is 496 g/mol. The summed E-state index contributed by atoms with van der Waals surface area (Å²) in [6.07, 6.45) is 6.75. The highest BCUT2D eigenvalue weighted by atomic mass is 16.5. The standard InChI is InChI=1S/C31H46N2O6/c1-19(15-22-12-13-30(2,3)31(22,4)5)39-29(38)24-7-6-14-33(24)28(37)23(16-20-8-9-20)32-27(36)18-21-10-11-25(34)26(35)17-21/h10-11,17,19-20,22-24,34-35H,6-9,12-16,18H2,1-5H3,(H,32,36). The number of hydrogen-bond donors (Lipinski definition) is 3. The van der Waals surface area contributed by atoms with Crippen molar-refractivity contribution in [3.63, 3.8) is 0 Å². The van der Waals surface area contributed by atoms with E-state index in [4.69, 9.17) is 4.74 Å². The van der Waals surface area contributed by atoms with Gasteiger partial charge in [-0.15, -0.1) is 0 Å². The van der Waals surface area contributed by atoms with Crippen LogP contribution in [0.4, 0.5) is 0 Å². The van der Waals surface area contributed by atoms with Crippen LogP contribution >= 0.6 is 0 Å². The smallest absolute Gasteiger partial charge is 0.329 e. The van der Waals surface area contributed by atoms with Crippen molar-refractivity contribution in [2.45, 2.75) is 111 Å². The van der Waals surface area contributed by atoms with Gasteiger partial charge in [0.1, 0.15) is 12.1 Å². The number of aromatic hydroxyl groups is 2. The molecule has 216 valence electrons. The maximum atomic E-state index is 13.7. The molecule has 0 radical (unpaired) electrons. The third kappa shape index (κ3) is 6.69. The van der Waals surface area contributed by atoms with Crippen molar-refractivity contribution in [2.24, 2.45) is 22.7 Å². The van der Waals surface area contributed by atoms with Crippen LogP contribution in [0, 0.1) is 22.7 Å². The first-order valence-corrected chi connectivity index (χ1v) is 14.6. The van der Waals surface area contributed by atoms with E-state index in [2.05, 4.69) is 33.0 Å². The van der Waals surface area contributed by atoms with E-state index in [1.165, 1.54) is 12.1 Å². The van der Waals surface area contributed by atoms with Crippen molar-refractivity contribution in [2.75, 3.05) is 6.54 Å². The van der Waals surface area contributed by atoms with Crippen molar-refractivity contribution in [1.82, 2.24) is 10.2 Å². The lowest BCUT2D eigenvalue weighted by Crippen LogP contribution is -2.52. The van der Waals surface area contributed by atoms with Crippen LogP contribution in [0.15, 0.2) is 18.2 Å². The number of nitrogens with one attached hydrogen (secondary N) is 1. The highest BCUT2D eigenvalue weighted by Gasteiger charge is 2.49. The first-order chi connectivity index (χ1) is 18.3. The number of carbonyl (C=O) groups is 3. The van der Waals surface area contributed by atoms with Gasteiger partial charge in [0.15, 0.2) is 11.5 Å². The van der Waals surface area contributed by atoms with Crippen LogP contribution in [-0.4, -0.2) is 57.6 Å². The first kappa shape index (κ1) is 29.2. The fraction of sp³-hybridized carbons (Fsp3) is 0.710. The lowest BCUT2D eigenvalue weighted by Gasteiger charge is -2.40. The Morgan fingerprint density at radius 3 is 2.38 bits per heavy atom. The summed E-state index contributed by atoms with van der Waals surface area (Å²) in [5.41, 5.74) is 0.946. The minimum atomic E-state index is -0.706. The van der Waals surface area contributed by atoms with E-state index in [1.54, 1.807) is 11.0 Å². The Bertz CT molecular complexity index is 1080. The third-order valence-corrected chi connectivity index (χ3v) is 9.93. The van der Waals surface area contributed by atoms with Crippen molar-refractivity contribution in [3.05, 3.63) is 23.8 Å². The van der Waals surface area contributed by atoms with Gasteiger partial charge in [-0.1, -0.05) is 46.6 Å². The number of hydrogen-bond acceptors (Lipinski definition) is 6. The van der Waals surface area contributed by atoms with Crippen molar-refractivity contribution in [1.29, 1.82) is 0 Å². The Hall–Kier alpha value is -2.77. The highest BCUT2D eigenvalue weighted by Crippen LogP contribution is 2.57. The molecule has 3 aliphatic rings. The highest BCUT2D eigenvalue weighted by molar-refractivity contribution is 5.91. The fourth-order valence-corrected chi connectivity index (χ4v) is 6.40. The molecule has 1 saturated heterocycles. The molecular formula is C31H46N2O6. The number of nitrogens with zero attached hydrogens (tertiary/aromatic N) is 1. The summed E-state index contributed by atoms with van der Waals surface area (Å²) in [5.74, 6) is -0.590. The number of likely N-dealkylation sites (tertiary alicyclic amines) is 1. The summed E-state index contributed by atoms with van der Waals surface area (Å²) in [6.45, 7) is 11.7. The fourth-order valence-electron chi connectivity index (χ4n) is 6.40. The van der Waals surface area contributed by atoms with Crippen LogP contribution in [0.5, 0.6) is 11.5 Å². The summed E-state index contributed by atoms with van der Waals surface area (Å²) in [4.78, 5) is 41.4. The number of phenolic OH excluding ortho intramolecular Hbond substituents is 2. The van der Waals surface area contributed by atoms with Gasteiger partial charge < -0.3 is 25.2 Å². The van der Waals surface area contributed by atoms with Crippen LogP contribution in [-0.2, 0) is 25.5 Å². The second-order valence-corrected chi connectivity index (χ2v) is 13.3. The van der Waals surface area contributed by atoms with E-state index in [1.807, 2.05) is 6.92 Å². The van der Waals surface area contributed by atoms with Gasteiger partial charge in [0.2, 0.25) is 11.8 Å². The monoisotopic (exact) mass is 542 g/mol. The molecule has 3 fully saturated rings. The average molecular weight is 543 g/mol. The van der Waals surface area contributed by atoms with Gasteiger partial charge in [-0.3, -0.25) is 9.59 Å². The molecule has 1 heterocycles. The van der Waals surface area contributed by atoms with Gasteiger partial charge in [-0.25, -0.2) is 4.79 Å². The van der Waals surface area contributed by atoms with Crippen LogP contribution in [0.2, 0.25) is 0 Å². The van der Waals surface area contributed by atoms with E-state index < -0.39 is 12.1 Å². The molecule has 4 atom stereocenters. The second kappa shape index (κ2) is 11.4. The summed E-state index contributed by atoms with van der Waals surface area (Å²) < 4.78 is 5.93. The third-order valence-electron chi connectivity index (χ3n) is 9.93. The topological polar surface area (TPSA) is 116 Å². The zero-order valence-electron chi connectivity index (χ0n) is 24.2. The quantitative estimate of drug-likeness (QED) is 0.292. The molecule has 8 nitrogen and oxygen atoms in total. The molecule has 0 spiro atoms. The summed E-state index contributed by atoms with van der Waals surface area (Å²) in [5, 5.41) is 22.1. The van der Waals surface area contributed by atoms with Gasteiger partial charge in [0.25, 0.3) is 0 Å². The maximum Gasteiger partial charge on any atom is 0.329 e. The molecule has 4 unspecified atom stereocenters. The Balaban J connectivity index is 1.36. The lowest BCUT2D eigenvalue weighted by atomic mass is 9.66. The minimum absolute atomic E-state index is 0.0282. The average Bonchev–Trinajstić information content (AvgIpc) is 3.48. The normalized spacial score (nSPS) is 25.2. The Kier molecular flexibility index (Phi) is 8.52. The van der Waals surface area contributed by atoms with Crippen LogP contribution < -0.4 is 5.32 Å². The van der Waals surface area contributed by atoms with E-state index in [0.29, 0.717) is 36.8 Å². The van der Waals surface area contributed by atoms with Crippen LogP contribution in [0.1, 0.15) is 91.5 Å². The summed E-state index contributed by atoms with van der Waals surface area (Å²) >= 11 is 0. The van der Waals surface area contributed by atoms with Crippen LogP contribution in [0.25, 0.3) is 0 Å². The van der Waals surface area contributed by atoms with Gasteiger partial charge in [-0.05, 0) is 85.8 Å². The number of phenols is 2. The molecule has 4 rings (SSSR count). The molecule has 8 heteroatoms. The second-order valence-electron chi connectivity index (χ2n) is 13.3. The zero-order chi connectivity index (χ0) is 28.5. The lowest BCUT2D eigenvalue weighted by molar-refractivity contribution is -0.159. The number of amides is 2. The molecule has 1 aromatic rings. The Morgan fingerprint density at radius 1 is 1.05 bits per heavy atom. The molecule has 2 aliphatic carbocycles. The molecule has 0 aromatic heterocycles. The predicted molar refractivity (Wildman–Crippen MR) is 148 cm³/mol. The molecule has 1 aliphatic heterocycles. The number of benzene rings is 1. The van der Waals surface area contributed by atoms with E-state index in [9.17, 15) is 24.6 Å². The maximum absolute atomic E-state index is 13.7. The van der Waals surface area contributed by atoms with Crippen molar-refractivity contribution < 1.29 is 29.3 Å². The first-order valence-electron chi connectivity index (χ1n) is 14.6. The Labute approximate surface area is 232 Å². The van der Waals surface area contributed by atoms with Gasteiger partial charge in [0, 0.05) is 6.54 Å². The molecule has 39 heavy (non-hydrogen) atoms. The van der Waals surface area contributed by atoms with E-state index in [-0.39, 0.29) is 52.6 Å². The molecule has 3 N–H and O–H groups in total. The molecule has 0 bridgehead atoms. The zero-order valence-corrected chi connectivity index (χ0v) is 24.2. The summed E-state index contributed by atoms with van der Waals surface area (Å²) in [6, 6.07) is 2.91. The van der Waals surface area contributed by atoms with Crippen LogP contribution in [0.3, 0.4) is 0 Å². The van der Waals surface area contributed by atoms with Crippen molar-refractivity contribution in [3.8, 4) is 11.5 Å². The largest absolute Gasteiger partial charge is 0.504 e. The predicted octanol–water partition coefficient (Wildman–Crippen LogP) is 4.70. The summed E-state index contributed by atoms with van der Waals surface area (Å²) in [7, 11) is 0. The SMILES string of the molecule is CC(CC1CCC(C)(C)C1(C)C)OC(=O)C1CCCN1C(=O)C(CC1CC1)NC(=O)Cc1ccc(O)c(O)c1. The number of esters is 1. The van der Waals surface area contributed by atoms with E-state index in [0.717, 1.165) is 38.5 Å². The molecule has 2 amide bonds. The number of ether oxygens (including phenoxy) is 1. The minimum Gasteiger partial charge on any atom is -0.504 e. The van der Waals surface area contributed by atoms with Crippen molar-refractivity contribution >= 4 is 17.8 Å². The molecule has 1 aromatic carbocycles.